The molecule has 1 N–H and O–H groups in total. The van der Waals surface area contributed by atoms with E-state index in [0.29, 0.717) is 12.0 Å². The zero-order valence-corrected chi connectivity index (χ0v) is 12.2. The zero-order valence-electron chi connectivity index (χ0n) is 12.2. The molecule has 4 heteroatoms. The van der Waals surface area contributed by atoms with E-state index in [1.54, 1.807) is 12.4 Å². The van der Waals surface area contributed by atoms with Crippen molar-refractivity contribution in [1.29, 1.82) is 5.26 Å². The number of amides is 1. The Morgan fingerprint density at radius 2 is 2.09 bits per heavy atom. The van der Waals surface area contributed by atoms with E-state index in [4.69, 9.17) is 0 Å². The van der Waals surface area contributed by atoms with Gasteiger partial charge in [0, 0.05) is 18.8 Å². The van der Waals surface area contributed by atoms with Gasteiger partial charge in [0.1, 0.15) is 0 Å². The summed E-state index contributed by atoms with van der Waals surface area (Å²) in [6.07, 6.45) is 3.82. The van der Waals surface area contributed by atoms with Crippen molar-refractivity contribution in [1.82, 2.24) is 10.3 Å². The predicted octanol–water partition coefficient (Wildman–Crippen LogP) is 3.15. The molecule has 1 atom stereocenters. The molecule has 2 aromatic rings. The molecular formula is C18H15N3O. The number of nitriles is 1. The standard InChI is InChI=1S/C18H15N3O/c1-12-8-17(22)21-18(16(12)10-19)14-5-2-4-13(9-14)15-6-3-7-20-11-15/h2-7,9,11,18H,8H2,1H3,(H,21,22). The van der Waals surface area contributed by atoms with E-state index in [2.05, 4.69) is 16.4 Å². The van der Waals surface area contributed by atoms with Crippen LogP contribution in [-0.4, -0.2) is 10.9 Å². The highest BCUT2D eigenvalue weighted by molar-refractivity contribution is 5.82. The quantitative estimate of drug-likeness (QED) is 0.923. The Labute approximate surface area is 129 Å². The average molecular weight is 289 g/mol. The number of nitrogens with zero attached hydrogens (tertiary/aromatic N) is 2. The van der Waals surface area contributed by atoms with Crippen LogP contribution in [0.5, 0.6) is 0 Å². The summed E-state index contributed by atoms with van der Waals surface area (Å²) in [6, 6.07) is 13.6. The number of rotatable bonds is 2. The molecular weight excluding hydrogens is 274 g/mol. The van der Waals surface area contributed by atoms with Crippen LogP contribution in [0, 0.1) is 11.3 Å². The summed E-state index contributed by atoms with van der Waals surface area (Å²) in [5.74, 6) is -0.0479. The van der Waals surface area contributed by atoms with Crippen LogP contribution in [0.1, 0.15) is 24.9 Å². The number of hydrogen-bond acceptors (Lipinski definition) is 3. The van der Waals surface area contributed by atoms with Crippen molar-refractivity contribution in [2.75, 3.05) is 0 Å². The van der Waals surface area contributed by atoms with Crippen molar-refractivity contribution in [2.24, 2.45) is 0 Å². The van der Waals surface area contributed by atoms with Crippen LogP contribution in [0.4, 0.5) is 0 Å². The van der Waals surface area contributed by atoms with Gasteiger partial charge in [-0.2, -0.15) is 5.26 Å². The molecule has 1 aromatic carbocycles. The lowest BCUT2D eigenvalue weighted by Crippen LogP contribution is -2.34. The van der Waals surface area contributed by atoms with Gasteiger partial charge >= 0.3 is 0 Å². The number of hydrogen-bond donors (Lipinski definition) is 1. The summed E-state index contributed by atoms with van der Waals surface area (Å²) >= 11 is 0. The smallest absolute Gasteiger partial charge is 0.224 e. The van der Waals surface area contributed by atoms with E-state index in [9.17, 15) is 10.1 Å². The average Bonchev–Trinajstić information content (AvgIpc) is 2.55. The second kappa shape index (κ2) is 5.82. The lowest BCUT2D eigenvalue weighted by atomic mass is 9.89. The van der Waals surface area contributed by atoms with Crippen LogP contribution in [0.25, 0.3) is 11.1 Å². The SMILES string of the molecule is CC1=C(C#N)C(c2cccc(-c3cccnc3)c2)NC(=O)C1. The van der Waals surface area contributed by atoms with Gasteiger partial charge in [-0.3, -0.25) is 9.78 Å². The molecule has 1 aromatic heterocycles. The van der Waals surface area contributed by atoms with Gasteiger partial charge in [0.25, 0.3) is 0 Å². The minimum Gasteiger partial charge on any atom is -0.344 e. The minimum absolute atomic E-state index is 0.0479. The van der Waals surface area contributed by atoms with E-state index in [0.717, 1.165) is 22.3 Å². The fourth-order valence-electron chi connectivity index (χ4n) is 2.71. The summed E-state index contributed by atoms with van der Waals surface area (Å²) in [6.45, 7) is 1.84. The number of pyridine rings is 1. The van der Waals surface area contributed by atoms with Crippen molar-refractivity contribution in [3.8, 4) is 17.2 Å². The monoisotopic (exact) mass is 289 g/mol. The first kappa shape index (κ1) is 14.0. The second-order valence-electron chi connectivity index (χ2n) is 5.35. The third-order valence-corrected chi connectivity index (χ3v) is 3.81. The van der Waals surface area contributed by atoms with Crippen LogP contribution >= 0.6 is 0 Å². The number of carbonyl (C=O) groups excluding carboxylic acids is 1. The Morgan fingerprint density at radius 1 is 1.27 bits per heavy atom. The van der Waals surface area contributed by atoms with Gasteiger partial charge in [-0.1, -0.05) is 24.3 Å². The molecule has 2 heterocycles. The topological polar surface area (TPSA) is 65.8 Å². The van der Waals surface area contributed by atoms with E-state index >= 15 is 0 Å². The number of aromatic nitrogens is 1. The highest BCUT2D eigenvalue weighted by atomic mass is 16.1. The molecule has 0 spiro atoms. The molecule has 1 aliphatic rings. The maximum Gasteiger partial charge on any atom is 0.224 e. The molecule has 0 aliphatic carbocycles. The fraction of sp³-hybridized carbons (Fsp3) is 0.167. The second-order valence-corrected chi connectivity index (χ2v) is 5.35. The maximum absolute atomic E-state index is 11.8. The predicted molar refractivity (Wildman–Crippen MR) is 83.5 cm³/mol. The summed E-state index contributed by atoms with van der Waals surface area (Å²) in [7, 11) is 0. The molecule has 108 valence electrons. The molecule has 1 aliphatic heterocycles. The molecule has 22 heavy (non-hydrogen) atoms. The Hall–Kier alpha value is -2.93. The van der Waals surface area contributed by atoms with E-state index in [-0.39, 0.29) is 11.9 Å². The highest BCUT2D eigenvalue weighted by Crippen LogP contribution is 2.31. The van der Waals surface area contributed by atoms with Crippen molar-refractivity contribution < 1.29 is 4.79 Å². The van der Waals surface area contributed by atoms with Crippen molar-refractivity contribution in [3.05, 3.63) is 65.5 Å². The van der Waals surface area contributed by atoms with Gasteiger partial charge in [-0.05, 0) is 41.3 Å². The summed E-state index contributed by atoms with van der Waals surface area (Å²) in [5.41, 5.74) is 4.39. The molecule has 1 unspecified atom stereocenters. The Balaban J connectivity index is 2.04. The van der Waals surface area contributed by atoms with Gasteiger partial charge in [-0.25, -0.2) is 0 Å². The van der Waals surface area contributed by atoms with E-state index in [1.807, 2.05) is 43.3 Å². The van der Waals surface area contributed by atoms with Crippen LogP contribution < -0.4 is 5.32 Å². The third-order valence-electron chi connectivity index (χ3n) is 3.81. The lowest BCUT2D eigenvalue weighted by Gasteiger charge is -2.25. The Bertz CT molecular complexity index is 787. The van der Waals surface area contributed by atoms with Crippen LogP contribution in [0.2, 0.25) is 0 Å². The first-order chi connectivity index (χ1) is 10.7. The van der Waals surface area contributed by atoms with Crippen molar-refractivity contribution in [3.63, 3.8) is 0 Å². The highest BCUT2D eigenvalue weighted by Gasteiger charge is 2.26. The largest absolute Gasteiger partial charge is 0.344 e. The third kappa shape index (κ3) is 2.61. The van der Waals surface area contributed by atoms with E-state index < -0.39 is 0 Å². The van der Waals surface area contributed by atoms with Gasteiger partial charge in [0.15, 0.2) is 0 Å². The molecule has 4 nitrogen and oxygen atoms in total. The summed E-state index contributed by atoms with van der Waals surface area (Å²) in [5, 5.41) is 12.3. The summed E-state index contributed by atoms with van der Waals surface area (Å²) < 4.78 is 0. The number of carbonyl (C=O) groups is 1. The van der Waals surface area contributed by atoms with Gasteiger partial charge in [0.2, 0.25) is 5.91 Å². The normalized spacial score (nSPS) is 17.8. The molecule has 0 bridgehead atoms. The summed E-state index contributed by atoms with van der Waals surface area (Å²) in [4.78, 5) is 15.9. The maximum atomic E-state index is 11.8. The molecule has 0 radical (unpaired) electrons. The fourth-order valence-corrected chi connectivity index (χ4v) is 2.71. The number of benzene rings is 1. The van der Waals surface area contributed by atoms with Crippen LogP contribution in [0.15, 0.2) is 59.9 Å². The minimum atomic E-state index is -0.372. The van der Waals surface area contributed by atoms with Crippen LogP contribution in [0.3, 0.4) is 0 Å². The van der Waals surface area contributed by atoms with Crippen molar-refractivity contribution in [2.45, 2.75) is 19.4 Å². The van der Waals surface area contributed by atoms with Crippen LogP contribution in [-0.2, 0) is 4.79 Å². The van der Waals surface area contributed by atoms with E-state index in [1.165, 1.54) is 0 Å². The van der Waals surface area contributed by atoms with Gasteiger partial charge in [-0.15, -0.1) is 0 Å². The van der Waals surface area contributed by atoms with Gasteiger partial charge < -0.3 is 5.32 Å². The molecule has 0 saturated carbocycles. The molecule has 3 rings (SSSR count). The van der Waals surface area contributed by atoms with Crippen molar-refractivity contribution >= 4 is 5.91 Å². The molecule has 0 fully saturated rings. The Morgan fingerprint density at radius 3 is 2.82 bits per heavy atom. The lowest BCUT2D eigenvalue weighted by molar-refractivity contribution is -0.121. The first-order valence-electron chi connectivity index (χ1n) is 7.08. The zero-order chi connectivity index (χ0) is 15.5. The molecule has 1 amide bonds. The Kier molecular flexibility index (Phi) is 3.71. The van der Waals surface area contributed by atoms with Gasteiger partial charge in [0.05, 0.1) is 17.7 Å². The first-order valence-corrected chi connectivity index (χ1v) is 7.08. The number of nitrogens with one attached hydrogen (secondary N) is 1. The molecule has 0 saturated heterocycles.